The number of amides is 1. The number of hydrogen-bond donors (Lipinski definition) is 3. The number of halogens is 2. The number of carbonyl (C=O) groups excluding carboxylic acids is 1. The minimum Gasteiger partial charge on any atom is -0.356 e. The molecule has 7 heteroatoms. The summed E-state index contributed by atoms with van der Waals surface area (Å²) in [7, 11) is 1.74. The fraction of sp³-hybridized carbons (Fsp3) is 0.579. The lowest BCUT2D eigenvalue weighted by Crippen LogP contribution is -2.48. The average Bonchev–Trinajstić information content (AvgIpc) is 3.36. The molecule has 5 nitrogen and oxygen atoms in total. The van der Waals surface area contributed by atoms with Crippen LogP contribution in [0.15, 0.2) is 29.3 Å². The van der Waals surface area contributed by atoms with Gasteiger partial charge in [0.05, 0.1) is 5.41 Å². The predicted molar refractivity (Wildman–Crippen MR) is 120 cm³/mol. The fourth-order valence-corrected chi connectivity index (χ4v) is 2.99. The molecule has 0 bridgehead atoms. The summed E-state index contributed by atoms with van der Waals surface area (Å²) in [6.45, 7) is 7.72. The van der Waals surface area contributed by atoms with Crippen LogP contribution in [0.1, 0.15) is 39.2 Å². The van der Waals surface area contributed by atoms with Crippen LogP contribution in [0.4, 0.5) is 0 Å². The predicted octanol–water partition coefficient (Wildman–Crippen LogP) is 3.32. The van der Waals surface area contributed by atoms with Crippen LogP contribution >= 0.6 is 35.6 Å². The maximum atomic E-state index is 12.1. The summed E-state index contributed by atoms with van der Waals surface area (Å²) in [5, 5.41) is 10.3. The Morgan fingerprint density at radius 3 is 2.50 bits per heavy atom. The first-order valence-electron chi connectivity index (χ1n) is 8.82. The molecule has 1 aromatic carbocycles. The molecule has 26 heavy (non-hydrogen) atoms. The van der Waals surface area contributed by atoms with E-state index < -0.39 is 5.41 Å². The molecule has 2 rings (SSSR count). The molecule has 0 heterocycles. The minimum absolute atomic E-state index is 0. The minimum atomic E-state index is -0.502. The lowest BCUT2D eigenvalue weighted by molar-refractivity contribution is -0.128. The van der Waals surface area contributed by atoms with Gasteiger partial charge in [0.15, 0.2) is 5.96 Å². The van der Waals surface area contributed by atoms with E-state index in [0.29, 0.717) is 19.0 Å². The number of aliphatic imine (C=N–C) groups is 1. The molecule has 0 spiro atoms. The fourth-order valence-electron chi connectivity index (χ4n) is 2.80. The number of guanidine groups is 1. The quantitative estimate of drug-likeness (QED) is 0.311. The van der Waals surface area contributed by atoms with E-state index in [1.165, 1.54) is 5.56 Å². The van der Waals surface area contributed by atoms with Gasteiger partial charge in [-0.1, -0.05) is 23.7 Å². The summed E-state index contributed by atoms with van der Waals surface area (Å²) in [5.74, 6) is 0.751. The highest BCUT2D eigenvalue weighted by Crippen LogP contribution is 2.48. The molecule has 0 aromatic heterocycles. The molecular weight excluding hydrogens is 463 g/mol. The maximum Gasteiger partial charge on any atom is 0.227 e. The largest absolute Gasteiger partial charge is 0.356 e. The molecule has 0 unspecified atom stereocenters. The van der Waals surface area contributed by atoms with E-state index in [1.807, 2.05) is 39.0 Å². The van der Waals surface area contributed by atoms with Gasteiger partial charge in [-0.2, -0.15) is 0 Å². The first-order chi connectivity index (χ1) is 11.8. The zero-order valence-corrected chi connectivity index (χ0v) is 19.1. The van der Waals surface area contributed by atoms with Gasteiger partial charge in [0.2, 0.25) is 5.91 Å². The standard InChI is InChI=1S/C19H29ClN4O.HI/c1-5-22-16(25)18(2,3)12-23-17(21-4)24-13-19(9-10-19)14-7-6-8-15(20)11-14;/h6-8,11H,5,9-10,12-13H2,1-4H3,(H,22,25)(H2,21,23,24);1H. The van der Waals surface area contributed by atoms with Crippen LogP contribution in [-0.4, -0.2) is 38.5 Å². The maximum absolute atomic E-state index is 12.1. The van der Waals surface area contributed by atoms with Gasteiger partial charge in [0.25, 0.3) is 0 Å². The monoisotopic (exact) mass is 492 g/mol. The Kier molecular flexibility index (Phi) is 8.66. The molecule has 1 fully saturated rings. The van der Waals surface area contributed by atoms with E-state index in [0.717, 1.165) is 24.4 Å². The molecule has 0 saturated heterocycles. The first kappa shape index (κ1) is 23.0. The van der Waals surface area contributed by atoms with Crippen molar-refractivity contribution in [1.82, 2.24) is 16.0 Å². The van der Waals surface area contributed by atoms with Gasteiger partial charge < -0.3 is 16.0 Å². The second-order valence-electron chi connectivity index (χ2n) is 7.31. The van der Waals surface area contributed by atoms with Gasteiger partial charge in [0.1, 0.15) is 0 Å². The molecule has 1 saturated carbocycles. The Morgan fingerprint density at radius 1 is 1.27 bits per heavy atom. The zero-order chi connectivity index (χ0) is 18.5. The highest BCUT2D eigenvalue weighted by atomic mass is 127. The third kappa shape index (κ3) is 6.01. The van der Waals surface area contributed by atoms with Crippen molar-refractivity contribution in [3.8, 4) is 0 Å². The Balaban J connectivity index is 0.00000338. The second-order valence-corrected chi connectivity index (χ2v) is 7.75. The van der Waals surface area contributed by atoms with Crippen LogP contribution in [0.5, 0.6) is 0 Å². The van der Waals surface area contributed by atoms with Crippen molar-refractivity contribution >= 4 is 47.4 Å². The van der Waals surface area contributed by atoms with Crippen molar-refractivity contribution in [2.75, 3.05) is 26.7 Å². The number of hydrogen-bond acceptors (Lipinski definition) is 2. The summed E-state index contributed by atoms with van der Waals surface area (Å²) in [4.78, 5) is 16.4. The van der Waals surface area contributed by atoms with Gasteiger partial charge in [-0.15, -0.1) is 24.0 Å². The summed E-state index contributed by atoms with van der Waals surface area (Å²) < 4.78 is 0. The number of carbonyl (C=O) groups is 1. The van der Waals surface area contributed by atoms with Gasteiger partial charge in [-0.05, 0) is 51.3 Å². The van der Waals surface area contributed by atoms with E-state index in [-0.39, 0.29) is 35.3 Å². The van der Waals surface area contributed by atoms with Crippen LogP contribution in [0.2, 0.25) is 5.02 Å². The molecule has 1 aromatic rings. The van der Waals surface area contributed by atoms with Crippen molar-refractivity contribution in [2.45, 2.75) is 39.0 Å². The highest BCUT2D eigenvalue weighted by molar-refractivity contribution is 14.0. The third-order valence-corrected chi connectivity index (χ3v) is 4.99. The normalized spacial score (nSPS) is 15.7. The Labute approximate surface area is 178 Å². The molecule has 146 valence electrons. The molecule has 1 amide bonds. The van der Waals surface area contributed by atoms with Crippen molar-refractivity contribution in [3.05, 3.63) is 34.9 Å². The topological polar surface area (TPSA) is 65.5 Å². The molecule has 1 aliphatic carbocycles. The molecule has 0 radical (unpaired) electrons. The Morgan fingerprint density at radius 2 is 1.96 bits per heavy atom. The number of rotatable bonds is 7. The van der Waals surface area contributed by atoms with Crippen LogP contribution in [0, 0.1) is 5.41 Å². The summed E-state index contributed by atoms with van der Waals surface area (Å²) in [6.07, 6.45) is 2.28. The lowest BCUT2D eigenvalue weighted by Gasteiger charge is -2.25. The SMILES string of the molecule is CCNC(=O)C(C)(C)CNC(=NC)NCC1(c2cccc(Cl)c2)CC1.I. The van der Waals surface area contributed by atoms with Crippen LogP contribution < -0.4 is 16.0 Å². The number of nitrogens with zero attached hydrogens (tertiary/aromatic N) is 1. The smallest absolute Gasteiger partial charge is 0.227 e. The summed E-state index contributed by atoms with van der Waals surface area (Å²) in [6, 6.07) is 8.08. The van der Waals surface area contributed by atoms with E-state index in [2.05, 4.69) is 27.0 Å². The average molecular weight is 493 g/mol. The Bertz CT molecular complexity index is 644. The summed E-state index contributed by atoms with van der Waals surface area (Å²) >= 11 is 6.13. The lowest BCUT2D eigenvalue weighted by atomic mass is 9.92. The van der Waals surface area contributed by atoms with Crippen molar-refractivity contribution in [3.63, 3.8) is 0 Å². The third-order valence-electron chi connectivity index (χ3n) is 4.76. The van der Waals surface area contributed by atoms with E-state index >= 15 is 0 Å². The van der Waals surface area contributed by atoms with Crippen molar-refractivity contribution < 1.29 is 4.79 Å². The number of nitrogens with one attached hydrogen (secondary N) is 3. The molecule has 0 aliphatic heterocycles. The molecule has 3 N–H and O–H groups in total. The van der Waals surface area contributed by atoms with Gasteiger partial charge in [-0.25, -0.2) is 0 Å². The summed E-state index contributed by atoms with van der Waals surface area (Å²) in [5.41, 5.74) is 0.903. The molecule has 1 aliphatic rings. The van der Waals surface area contributed by atoms with E-state index in [1.54, 1.807) is 7.05 Å². The molecule has 0 atom stereocenters. The second kappa shape index (κ2) is 9.78. The van der Waals surface area contributed by atoms with E-state index in [4.69, 9.17) is 11.6 Å². The first-order valence-corrected chi connectivity index (χ1v) is 9.20. The van der Waals surface area contributed by atoms with Crippen molar-refractivity contribution in [1.29, 1.82) is 0 Å². The Hall–Kier alpha value is -1.02. The van der Waals surface area contributed by atoms with Gasteiger partial charge >= 0.3 is 0 Å². The van der Waals surface area contributed by atoms with Crippen LogP contribution in [-0.2, 0) is 10.2 Å². The van der Waals surface area contributed by atoms with Crippen molar-refractivity contribution in [2.24, 2.45) is 10.4 Å². The zero-order valence-electron chi connectivity index (χ0n) is 16.0. The van der Waals surface area contributed by atoms with Gasteiger partial charge in [0, 0.05) is 37.1 Å². The number of benzene rings is 1. The van der Waals surface area contributed by atoms with Gasteiger partial charge in [-0.3, -0.25) is 9.79 Å². The van der Waals surface area contributed by atoms with Crippen LogP contribution in [0.3, 0.4) is 0 Å². The van der Waals surface area contributed by atoms with Crippen LogP contribution in [0.25, 0.3) is 0 Å². The van der Waals surface area contributed by atoms with E-state index in [9.17, 15) is 4.79 Å². The highest BCUT2D eigenvalue weighted by Gasteiger charge is 2.44. The molecular formula is C19H30ClIN4O.